The Morgan fingerprint density at radius 1 is 1.55 bits per heavy atom. The van der Waals surface area contributed by atoms with Gasteiger partial charge in [0.15, 0.2) is 0 Å². The average molecular weight is 156 g/mol. The molecular formula is C9H20N2. The molecule has 0 saturated carbocycles. The molecule has 2 nitrogen and oxygen atoms in total. The van der Waals surface area contributed by atoms with Crippen molar-refractivity contribution >= 4 is 0 Å². The van der Waals surface area contributed by atoms with Gasteiger partial charge in [-0.1, -0.05) is 13.8 Å². The van der Waals surface area contributed by atoms with Crippen molar-refractivity contribution in [2.75, 3.05) is 26.7 Å². The highest BCUT2D eigenvalue weighted by Crippen LogP contribution is 2.07. The SMILES string of the molecule is [CH2-][NH+]1CCN(C)[C@@H](C(C)C)C1. The third kappa shape index (κ3) is 2.17. The van der Waals surface area contributed by atoms with Crippen LogP contribution in [0.1, 0.15) is 13.8 Å². The fourth-order valence-corrected chi connectivity index (χ4v) is 1.80. The minimum absolute atomic E-state index is 0.733. The van der Waals surface area contributed by atoms with Crippen molar-refractivity contribution in [3.8, 4) is 0 Å². The van der Waals surface area contributed by atoms with Crippen LogP contribution in [-0.4, -0.2) is 37.6 Å². The monoisotopic (exact) mass is 156 g/mol. The van der Waals surface area contributed by atoms with Crippen molar-refractivity contribution in [1.82, 2.24) is 4.90 Å². The highest BCUT2D eigenvalue weighted by atomic mass is 15.3. The van der Waals surface area contributed by atoms with Crippen molar-refractivity contribution < 1.29 is 4.90 Å². The van der Waals surface area contributed by atoms with E-state index < -0.39 is 0 Å². The molecule has 1 rings (SSSR count). The van der Waals surface area contributed by atoms with Crippen LogP contribution in [0, 0.1) is 13.0 Å². The van der Waals surface area contributed by atoms with Crippen molar-refractivity contribution in [1.29, 1.82) is 0 Å². The van der Waals surface area contributed by atoms with E-state index in [1.165, 1.54) is 24.5 Å². The van der Waals surface area contributed by atoms with Crippen molar-refractivity contribution in [3.63, 3.8) is 0 Å². The Morgan fingerprint density at radius 2 is 2.18 bits per heavy atom. The highest BCUT2D eigenvalue weighted by Gasteiger charge is 2.24. The first-order valence-electron chi connectivity index (χ1n) is 4.48. The van der Waals surface area contributed by atoms with E-state index in [-0.39, 0.29) is 0 Å². The van der Waals surface area contributed by atoms with Crippen LogP contribution in [0.4, 0.5) is 0 Å². The molecule has 66 valence electrons. The lowest BCUT2D eigenvalue weighted by Crippen LogP contribution is -3.11. The summed E-state index contributed by atoms with van der Waals surface area (Å²) in [5, 5.41) is 0. The van der Waals surface area contributed by atoms with Gasteiger partial charge in [-0.05, 0) is 13.0 Å². The molecule has 2 heteroatoms. The van der Waals surface area contributed by atoms with Crippen LogP contribution in [0.2, 0.25) is 0 Å². The summed E-state index contributed by atoms with van der Waals surface area (Å²) in [6.07, 6.45) is 0. The van der Waals surface area contributed by atoms with Gasteiger partial charge in [-0.3, -0.25) is 4.90 Å². The third-order valence-corrected chi connectivity index (χ3v) is 2.65. The summed E-state index contributed by atoms with van der Waals surface area (Å²) in [4.78, 5) is 3.89. The first-order valence-corrected chi connectivity index (χ1v) is 4.48. The minimum Gasteiger partial charge on any atom is -0.465 e. The van der Waals surface area contributed by atoms with Gasteiger partial charge < -0.3 is 4.90 Å². The number of hydrogen-bond acceptors (Lipinski definition) is 1. The molecule has 0 spiro atoms. The molecule has 1 fully saturated rings. The molecule has 1 heterocycles. The largest absolute Gasteiger partial charge is 0.465 e. The van der Waals surface area contributed by atoms with E-state index in [1.54, 1.807) is 0 Å². The van der Waals surface area contributed by atoms with Gasteiger partial charge >= 0.3 is 0 Å². The van der Waals surface area contributed by atoms with E-state index in [2.05, 4.69) is 32.8 Å². The van der Waals surface area contributed by atoms with Crippen molar-refractivity contribution in [3.05, 3.63) is 7.05 Å². The Kier molecular flexibility index (Phi) is 2.90. The summed E-state index contributed by atoms with van der Waals surface area (Å²) in [5.74, 6) is 0.761. The Hall–Kier alpha value is -0.0800. The second kappa shape index (κ2) is 3.55. The van der Waals surface area contributed by atoms with Gasteiger partial charge in [-0.25, -0.2) is 0 Å². The zero-order valence-electron chi connectivity index (χ0n) is 7.93. The number of rotatable bonds is 1. The predicted molar refractivity (Wildman–Crippen MR) is 47.3 cm³/mol. The highest BCUT2D eigenvalue weighted by molar-refractivity contribution is 4.73. The fraction of sp³-hybridized carbons (Fsp3) is 0.889. The molecule has 11 heavy (non-hydrogen) atoms. The number of quaternary nitrogens is 1. The third-order valence-electron chi connectivity index (χ3n) is 2.65. The standard InChI is InChI=1S/C9H20N2/c1-8(2)9-7-10(3)5-6-11(9)4/h8-10H,3,5-7H2,1-2,4H3/t9-/m1/s1. The van der Waals surface area contributed by atoms with Crippen LogP contribution in [0.3, 0.4) is 0 Å². The van der Waals surface area contributed by atoms with Crippen LogP contribution in [-0.2, 0) is 0 Å². The minimum atomic E-state index is 0.733. The molecule has 0 bridgehead atoms. The molecule has 0 amide bonds. The number of likely N-dealkylation sites (N-methyl/N-ethyl adjacent to an activating group) is 1. The molecule has 0 radical (unpaired) electrons. The number of piperazine rings is 1. The Bertz CT molecular complexity index is 123. The summed E-state index contributed by atoms with van der Waals surface area (Å²) in [7, 11) is 6.27. The smallest absolute Gasteiger partial charge is 0.0691 e. The van der Waals surface area contributed by atoms with Crippen LogP contribution in [0.25, 0.3) is 0 Å². The lowest BCUT2D eigenvalue weighted by atomic mass is 10.0. The van der Waals surface area contributed by atoms with Crippen LogP contribution >= 0.6 is 0 Å². The quantitative estimate of drug-likeness (QED) is 0.509. The number of hydrogen-bond donors (Lipinski definition) is 1. The average Bonchev–Trinajstić information content (AvgIpc) is 1.94. The van der Waals surface area contributed by atoms with Gasteiger partial charge in [0.25, 0.3) is 0 Å². The second-order valence-corrected chi connectivity index (χ2v) is 4.00. The summed E-state index contributed by atoms with van der Waals surface area (Å²) >= 11 is 0. The van der Waals surface area contributed by atoms with Gasteiger partial charge in [0.1, 0.15) is 0 Å². The molecule has 0 aromatic heterocycles. The summed E-state index contributed by atoms with van der Waals surface area (Å²) in [5.41, 5.74) is 0. The molecule has 0 aromatic rings. The molecule has 1 unspecified atom stereocenters. The van der Waals surface area contributed by atoms with Crippen molar-refractivity contribution in [2.45, 2.75) is 19.9 Å². The molecular weight excluding hydrogens is 136 g/mol. The zero-order chi connectivity index (χ0) is 8.43. The zero-order valence-corrected chi connectivity index (χ0v) is 7.93. The lowest BCUT2D eigenvalue weighted by Gasteiger charge is -2.40. The van der Waals surface area contributed by atoms with Gasteiger partial charge in [-0.15, -0.1) is 0 Å². The predicted octanol–water partition coefficient (Wildman–Crippen LogP) is -0.367. The van der Waals surface area contributed by atoms with E-state index in [0.717, 1.165) is 12.0 Å². The summed E-state index contributed by atoms with van der Waals surface area (Å²) in [6.45, 7) is 8.18. The maximum Gasteiger partial charge on any atom is 0.0691 e. The van der Waals surface area contributed by atoms with Gasteiger partial charge in [0.05, 0.1) is 19.1 Å². The van der Waals surface area contributed by atoms with Crippen LogP contribution < -0.4 is 4.90 Å². The van der Waals surface area contributed by atoms with E-state index >= 15 is 0 Å². The van der Waals surface area contributed by atoms with Crippen LogP contribution in [0.5, 0.6) is 0 Å². The maximum absolute atomic E-state index is 4.05. The molecule has 1 aliphatic heterocycles. The van der Waals surface area contributed by atoms with Gasteiger partial charge in [-0.2, -0.15) is 7.05 Å². The topological polar surface area (TPSA) is 7.68 Å². The molecule has 1 saturated heterocycles. The Labute approximate surface area is 70.2 Å². The second-order valence-electron chi connectivity index (χ2n) is 4.00. The summed E-state index contributed by atoms with van der Waals surface area (Å²) in [6, 6.07) is 0.733. The molecule has 2 atom stereocenters. The van der Waals surface area contributed by atoms with Crippen molar-refractivity contribution in [2.24, 2.45) is 5.92 Å². The van der Waals surface area contributed by atoms with Gasteiger partial charge in [0.2, 0.25) is 0 Å². The van der Waals surface area contributed by atoms with E-state index in [4.69, 9.17) is 0 Å². The normalized spacial score (nSPS) is 34.6. The summed E-state index contributed by atoms with van der Waals surface area (Å²) < 4.78 is 0. The van der Waals surface area contributed by atoms with E-state index in [1.807, 2.05) is 0 Å². The van der Waals surface area contributed by atoms with E-state index in [0.29, 0.717) is 0 Å². The molecule has 1 aliphatic rings. The number of nitrogens with zero attached hydrogens (tertiary/aromatic N) is 1. The molecule has 1 N–H and O–H groups in total. The molecule has 0 aliphatic carbocycles. The Balaban J connectivity index is 2.47. The first-order chi connectivity index (χ1) is 5.11. The lowest BCUT2D eigenvalue weighted by molar-refractivity contribution is -0.862. The van der Waals surface area contributed by atoms with Crippen LogP contribution in [0.15, 0.2) is 0 Å². The van der Waals surface area contributed by atoms with E-state index in [9.17, 15) is 0 Å². The first kappa shape index (κ1) is 9.01. The molecule has 0 aromatic carbocycles. The fourth-order valence-electron chi connectivity index (χ4n) is 1.80. The van der Waals surface area contributed by atoms with Gasteiger partial charge in [0, 0.05) is 6.54 Å². The maximum atomic E-state index is 4.05. The number of nitrogens with one attached hydrogen (secondary N) is 1. The Morgan fingerprint density at radius 3 is 2.64 bits per heavy atom.